The van der Waals surface area contributed by atoms with Gasteiger partial charge in [-0.3, -0.25) is 9.59 Å². The highest BCUT2D eigenvalue weighted by atomic mass is 79.9. The second-order valence-electron chi connectivity index (χ2n) is 5.17. The van der Waals surface area contributed by atoms with Gasteiger partial charge < -0.3 is 14.5 Å². The number of carbonyl (C=O) groups excluding carboxylic acids is 2. The van der Waals surface area contributed by atoms with Gasteiger partial charge >= 0.3 is 0 Å². The average molecular weight is 373 g/mol. The molecule has 1 aliphatic heterocycles. The van der Waals surface area contributed by atoms with Crippen molar-refractivity contribution in [2.75, 3.05) is 26.2 Å². The average Bonchev–Trinajstić information content (AvgIpc) is 2.49. The molecule has 0 aromatic heterocycles. The molecule has 0 spiro atoms. The Kier molecular flexibility index (Phi) is 5.39. The summed E-state index contributed by atoms with van der Waals surface area (Å²) >= 11 is 3.17. The SMILES string of the molecule is CC(=O)N1CCN(C(=O)C(C)Oc2ccc(Br)cc2F)CC1. The maximum absolute atomic E-state index is 13.7. The number of amides is 2. The number of piperazine rings is 1. The van der Waals surface area contributed by atoms with E-state index in [1.165, 1.54) is 19.1 Å². The minimum absolute atomic E-state index is 0.00771. The fourth-order valence-electron chi connectivity index (χ4n) is 2.31. The molecule has 1 fully saturated rings. The van der Waals surface area contributed by atoms with E-state index in [4.69, 9.17) is 4.74 Å². The van der Waals surface area contributed by atoms with Gasteiger partial charge in [0.25, 0.3) is 5.91 Å². The summed E-state index contributed by atoms with van der Waals surface area (Å²) < 4.78 is 19.8. The molecule has 1 unspecified atom stereocenters. The number of halogens is 2. The van der Waals surface area contributed by atoms with E-state index in [0.717, 1.165) is 0 Å². The van der Waals surface area contributed by atoms with Gasteiger partial charge in [0, 0.05) is 37.6 Å². The summed E-state index contributed by atoms with van der Waals surface area (Å²) in [4.78, 5) is 26.9. The van der Waals surface area contributed by atoms with E-state index in [1.807, 2.05) is 0 Å². The second kappa shape index (κ2) is 7.09. The van der Waals surface area contributed by atoms with Crippen LogP contribution in [0.4, 0.5) is 4.39 Å². The number of ether oxygens (including phenoxy) is 1. The largest absolute Gasteiger partial charge is 0.478 e. The zero-order valence-electron chi connectivity index (χ0n) is 12.5. The molecule has 1 aromatic rings. The Morgan fingerprint density at radius 3 is 2.36 bits per heavy atom. The summed E-state index contributed by atoms with van der Waals surface area (Å²) in [5.74, 6) is -0.666. The summed E-state index contributed by atoms with van der Waals surface area (Å²) in [6.45, 7) is 5.07. The van der Waals surface area contributed by atoms with Gasteiger partial charge in [-0.15, -0.1) is 0 Å². The predicted molar refractivity (Wildman–Crippen MR) is 83.0 cm³/mol. The normalized spacial score (nSPS) is 16.4. The molecule has 0 N–H and O–H groups in total. The van der Waals surface area contributed by atoms with Crippen molar-refractivity contribution in [3.63, 3.8) is 0 Å². The molecule has 2 amide bonds. The Labute approximate surface area is 137 Å². The van der Waals surface area contributed by atoms with Gasteiger partial charge in [0.15, 0.2) is 17.7 Å². The van der Waals surface area contributed by atoms with Gasteiger partial charge in [-0.05, 0) is 25.1 Å². The molecule has 0 aliphatic carbocycles. The van der Waals surface area contributed by atoms with E-state index in [-0.39, 0.29) is 17.6 Å². The van der Waals surface area contributed by atoms with E-state index in [9.17, 15) is 14.0 Å². The Bertz CT molecular complexity index is 574. The van der Waals surface area contributed by atoms with Crippen molar-refractivity contribution in [2.24, 2.45) is 0 Å². The minimum Gasteiger partial charge on any atom is -0.478 e. The van der Waals surface area contributed by atoms with Crippen LogP contribution < -0.4 is 4.74 Å². The molecule has 1 aromatic carbocycles. The van der Waals surface area contributed by atoms with Crippen LogP contribution in [0.15, 0.2) is 22.7 Å². The van der Waals surface area contributed by atoms with E-state index in [1.54, 1.807) is 22.8 Å². The molecular weight excluding hydrogens is 355 g/mol. The fraction of sp³-hybridized carbons (Fsp3) is 0.467. The molecule has 1 aliphatic rings. The van der Waals surface area contributed by atoms with E-state index >= 15 is 0 Å². The van der Waals surface area contributed by atoms with Crippen LogP contribution in [-0.2, 0) is 9.59 Å². The van der Waals surface area contributed by atoms with Crippen LogP contribution in [0.5, 0.6) is 5.75 Å². The number of rotatable bonds is 3. The molecule has 1 saturated heterocycles. The topological polar surface area (TPSA) is 49.9 Å². The number of hydrogen-bond donors (Lipinski definition) is 0. The second-order valence-corrected chi connectivity index (χ2v) is 6.08. The number of carbonyl (C=O) groups is 2. The maximum Gasteiger partial charge on any atom is 0.263 e. The summed E-state index contributed by atoms with van der Waals surface area (Å²) in [5, 5.41) is 0. The fourth-order valence-corrected chi connectivity index (χ4v) is 2.64. The van der Waals surface area contributed by atoms with Crippen molar-refractivity contribution in [1.29, 1.82) is 0 Å². The van der Waals surface area contributed by atoms with Crippen LogP contribution in [0.25, 0.3) is 0 Å². The molecule has 0 radical (unpaired) electrons. The highest BCUT2D eigenvalue weighted by Gasteiger charge is 2.27. The number of nitrogens with zero attached hydrogens (tertiary/aromatic N) is 2. The van der Waals surface area contributed by atoms with Crippen molar-refractivity contribution in [1.82, 2.24) is 9.80 Å². The van der Waals surface area contributed by atoms with Gasteiger partial charge in [-0.25, -0.2) is 4.39 Å². The smallest absolute Gasteiger partial charge is 0.263 e. The van der Waals surface area contributed by atoms with Gasteiger partial charge in [-0.1, -0.05) is 15.9 Å². The van der Waals surface area contributed by atoms with Crippen LogP contribution in [0.3, 0.4) is 0 Å². The number of hydrogen-bond acceptors (Lipinski definition) is 3. The first kappa shape index (κ1) is 16.7. The third kappa shape index (κ3) is 3.97. The zero-order chi connectivity index (χ0) is 16.3. The molecule has 120 valence electrons. The molecule has 2 rings (SSSR count). The molecule has 1 atom stereocenters. The molecule has 5 nitrogen and oxygen atoms in total. The predicted octanol–water partition coefficient (Wildman–Crippen LogP) is 2.05. The molecule has 7 heteroatoms. The van der Waals surface area contributed by atoms with Crippen molar-refractivity contribution < 1.29 is 18.7 Å². The Morgan fingerprint density at radius 1 is 1.23 bits per heavy atom. The van der Waals surface area contributed by atoms with Crippen LogP contribution in [0.2, 0.25) is 0 Å². The molecule has 0 bridgehead atoms. The van der Waals surface area contributed by atoms with Crippen LogP contribution in [0, 0.1) is 5.82 Å². The number of benzene rings is 1. The molecule has 22 heavy (non-hydrogen) atoms. The van der Waals surface area contributed by atoms with E-state index < -0.39 is 11.9 Å². The van der Waals surface area contributed by atoms with Crippen molar-refractivity contribution in [2.45, 2.75) is 20.0 Å². The van der Waals surface area contributed by atoms with Crippen LogP contribution in [-0.4, -0.2) is 53.9 Å². The lowest BCUT2D eigenvalue weighted by Crippen LogP contribution is -2.52. The summed E-state index contributed by atoms with van der Waals surface area (Å²) in [6.07, 6.45) is -0.778. The first-order chi connectivity index (χ1) is 10.4. The molecule has 1 heterocycles. The van der Waals surface area contributed by atoms with E-state index in [2.05, 4.69) is 15.9 Å². The van der Waals surface area contributed by atoms with Gasteiger partial charge in [0.1, 0.15) is 0 Å². The Hall–Kier alpha value is -1.63. The highest BCUT2D eigenvalue weighted by molar-refractivity contribution is 9.10. The van der Waals surface area contributed by atoms with Gasteiger partial charge in [-0.2, -0.15) is 0 Å². The summed E-state index contributed by atoms with van der Waals surface area (Å²) in [6, 6.07) is 4.43. The van der Waals surface area contributed by atoms with Gasteiger partial charge in [0.05, 0.1) is 0 Å². The van der Waals surface area contributed by atoms with Crippen molar-refractivity contribution >= 4 is 27.7 Å². The molecular formula is C15H18BrFN2O3. The Balaban J connectivity index is 1.94. The monoisotopic (exact) mass is 372 g/mol. The lowest BCUT2D eigenvalue weighted by atomic mass is 10.2. The maximum atomic E-state index is 13.7. The van der Waals surface area contributed by atoms with Crippen molar-refractivity contribution in [3.05, 3.63) is 28.5 Å². The molecule has 0 saturated carbocycles. The Morgan fingerprint density at radius 2 is 1.82 bits per heavy atom. The minimum atomic E-state index is -0.778. The summed E-state index contributed by atoms with van der Waals surface area (Å²) in [5.41, 5.74) is 0. The van der Waals surface area contributed by atoms with Crippen LogP contribution in [0.1, 0.15) is 13.8 Å². The van der Waals surface area contributed by atoms with E-state index in [0.29, 0.717) is 30.7 Å². The standard InChI is InChI=1S/C15H18BrFN2O3/c1-10(22-14-4-3-12(16)9-13(14)17)15(21)19-7-5-18(6-8-19)11(2)20/h3-4,9-10H,5-8H2,1-2H3. The first-order valence-corrected chi connectivity index (χ1v) is 7.84. The lowest BCUT2D eigenvalue weighted by molar-refractivity contribution is -0.143. The third-order valence-corrected chi connectivity index (χ3v) is 4.08. The summed E-state index contributed by atoms with van der Waals surface area (Å²) in [7, 11) is 0. The zero-order valence-corrected chi connectivity index (χ0v) is 14.1. The quantitative estimate of drug-likeness (QED) is 0.815. The van der Waals surface area contributed by atoms with Crippen molar-refractivity contribution in [3.8, 4) is 5.75 Å². The lowest BCUT2D eigenvalue weighted by Gasteiger charge is -2.35. The van der Waals surface area contributed by atoms with Gasteiger partial charge in [0.2, 0.25) is 5.91 Å². The van der Waals surface area contributed by atoms with Crippen LogP contribution >= 0.6 is 15.9 Å². The third-order valence-electron chi connectivity index (χ3n) is 3.58. The first-order valence-electron chi connectivity index (χ1n) is 7.04. The highest BCUT2D eigenvalue weighted by Crippen LogP contribution is 2.22.